The molecule has 0 aliphatic carbocycles. The van der Waals surface area contributed by atoms with Crippen LogP contribution >= 0.6 is 0 Å². The van der Waals surface area contributed by atoms with Gasteiger partial charge in [-0.1, -0.05) is 192 Å². The third kappa shape index (κ3) is 56.6. The molecule has 0 aliphatic heterocycles. The van der Waals surface area contributed by atoms with Crippen molar-refractivity contribution >= 4 is 11.9 Å². The second kappa shape index (κ2) is 49.1. The minimum atomic E-state index is -0.656. The SMILES string of the molecule is CCCCCCCC/C=C\CCCCCCCCCCCC(=O)O.CCCCCCCC/C=C\CCCCCCCCCCCC(=O)O.[Mn]. The van der Waals surface area contributed by atoms with Gasteiger partial charge in [-0.25, -0.2) is 0 Å². The molecular weight excluding hydrogens is 647 g/mol. The molecule has 5 heteroatoms. The Kier molecular flexibility index (Phi) is 52.4. The first-order valence-electron chi connectivity index (χ1n) is 21.3. The molecule has 291 valence electrons. The van der Waals surface area contributed by atoms with E-state index >= 15 is 0 Å². The van der Waals surface area contributed by atoms with Gasteiger partial charge >= 0.3 is 11.9 Å². The summed E-state index contributed by atoms with van der Waals surface area (Å²) in [6.45, 7) is 4.54. The van der Waals surface area contributed by atoms with Crippen molar-refractivity contribution in [3.8, 4) is 0 Å². The van der Waals surface area contributed by atoms with Crippen LogP contribution in [0, 0.1) is 0 Å². The summed E-state index contributed by atoms with van der Waals surface area (Å²) < 4.78 is 0. The van der Waals surface area contributed by atoms with Gasteiger partial charge in [0.15, 0.2) is 0 Å². The third-order valence-corrected chi connectivity index (χ3v) is 9.30. The van der Waals surface area contributed by atoms with E-state index in [1.807, 2.05) is 0 Å². The largest absolute Gasteiger partial charge is 0.481 e. The number of allylic oxidation sites excluding steroid dienone is 4. The molecule has 49 heavy (non-hydrogen) atoms. The van der Waals surface area contributed by atoms with Gasteiger partial charge in [0.25, 0.3) is 0 Å². The van der Waals surface area contributed by atoms with Gasteiger partial charge in [0.2, 0.25) is 0 Å². The standard InChI is InChI=1S/2C22H42O2.Mn/c2*1-2-3-4-5-6-7-8-9-10-11-12-13-14-15-16-17-18-19-20-21-22(23)24;/h2*9-10H,2-8,11-21H2,1H3,(H,23,24);/b2*10-9-;. The molecule has 0 bridgehead atoms. The summed E-state index contributed by atoms with van der Waals surface area (Å²) in [5.74, 6) is -1.31. The molecule has 0 aromatic heterocycles. The van der Waals surface area contributed by atoms with Crippen molar-refractivity contribution < 1.29 is 36.9 Å². The smallest absolute Gasteiger partial charge is 0.303 e. The minimum Gasteiger partial charge on any atom is -0.481 e. The zero-order chi connectivity index (χ0) is 35.4. The van der Waals surface area contributed by atoms with E-state index < -0.39 is 11.9 Å². The van der Waals surface area contributed by atoms with Gasteiger partial charge in [-0.2, -0.15) is 0 Å². The van der Waals surface area contributed by atoms with Crippen LogP contribution < -0.4 is 0 Å². The van der Waals surface area contributed by atoms with Crippen molar-refractivity contribution in [2.45, 2.75) is 245 Å². The average Bonchev–Trinajstić information content (AvgIpc) is 3.07. The van der Waals surface area contributed by atoms with E-state index in [4.69, 9.17) is 10.2 Å². The fourth-order valence-corrected chi connectivity index (χ4v) is 6.11. The van der Waals surface area contributed by atoms with Gasteiger partial charge in [-0.05, 0) is 64.2 Å². The first-order chi connectivity index (χ1) is 23.5. The maximum absolute atomic E-state index is 10.4. The van der Waals surface area contributed by atoms with Crippen molar-refractivity contribution in [3.05, 3.63) is 24.3 Å². The molecule has 2 N–H and O–H groups in total. The maximum Gasteiger partial charge on any atom is 0.303 e. The van der Waals surface area contributed by atoms with Crippen molar-refractivity contribution in [1.82, 2.24) is 0 Å². The Morgan fingerprint density at radius 3 is 0.714 bits per heavy atom. The fraction of sp³-hybridized carbons (Fsp3) is 0.864. The van der Waals surface area contributed by atoms with Gasteiger partial charge in [-0.15, -0.1) is 0 Å². The summed E-state index contributed by atoms with van der Waals surface area (Å²) in [7, 11) is 0. The summed E-state index contributed by atoms with van der Waals surface area (Å²) >= 11 is 0. The molecule has 0 fully saturated rings. The zero-order valence-electron chi connectivity index (χ0n) is 32.9. The molecule has 0 saturated heterocycles. The van der Waals surface area contributed by atoms with E-state index in [9.17, 15) is 9.59 Å². The van der Waals surface area contributed by atoms with Crippen LogP contribution in [0.1, 0.15) is 245 Å². The summed E-state index contributed by atoms with van der Waals surface area (Å²) in [6, 6.07) is 0. The maximum atomic E-state index is 10.4. The second-order valence-corrected chi connectivity index (χ2v) is 14.3. The van der Waals surface area contributed by atoms with Crippen LogP contribution in [0.3, 0.4) is 0 Å². The predicted molar refractivity (Wildman–Crippen MR) is 211 cm³/mol. The van der Waals surface area contributed by atoms with Crippen LogP contribution in [-0.4, -0.2) is 22.2 Å². The van der Waals surface area contributed by atoms with Crippen molar-refractivity contribution in [2.75, 3.05) is 0 Å². The van der Waals surface area contributed by atoms with Crippen LogP contribution in [-0.2, 0) is 26.7 Å². The summed E-state index contributed by atoms with van der Waals surface area (Å²) in [6.07, 6.45) is 54.2. The molecule has 0 amide bonds. The van der Waals surface area contributed by atoms with Gasteiger partial charge < -0.3 is 10.2 Å². The Balaban J connectivity index is -0.000000846. The van der Waals surface area contributed by atoms with E-state index in [1.54, 1.807) is 0 Å². The predicted octanol–water partition coefficient (Wildman–Crippen LogP) is 15.3. The first kappa shape index (κ1) is 52.3. The van der Waals surface area contributed by atoms with Gasteiger partial charge in [0.05, 0.1) is 0 Å². The molecule has 0 spiro atoms. The molecule has 0 aromatic carbocycles. The monoisotopic (exact) mass is 732 g/mol. The molecular formula is C44H84MnO4. The van der Waals surface area contributed by atoms with Crippen molar-refractivity contribution in [2.24, 2.45) is 0 Å². The summed E-state index contributed by atoms with van der Waals surface area (Å²) in [5, 5.41) is 17.1. The number of hydrogen-bond donors (Lipinski definition) is 2. The Hall–Kier alpha value is -1.06. The fourth-order valence-electron chi connectivity index (χ4n) is 6.11. The number of unbranched alkanes of at least 4 members (excludes halogenated alkanes) is 30. The Morgan fingerprint density at radius 1 is 0.327 bits per heavy atom. The molecule has 0 unspecified atom stereocenters. The molecule has 4 nitrogen and oxygen atoms in total. The number of hydrogen-bond acceptors (Lipinski definition) is 2. The number of carboxylic acid groups (broad SMARTS) is 2. The molecule has 0 rings (SSSR count). The Bertz CT molecular complexity index is 632. The van der Waals surface area contributed by atoms with E-state index in [0.717, 1.165) is 25.7 Å². The quantitative estimate of drug-likeness (QED) is 0.0377. The number of rotatable bonds is 38. The topological polar surface area (TPSA) is 74.6 Å². The van der Waals surface area contributed by atoms with E-state index in [0.29, 0.717) is 12.8 Å². The molecule has 0 aromatic rings. The molecule has 1 radical (unpaired) electrons. The zero-order valence-corrected chi connectivity index (χ0v) is 34.0. The van der Waals surface area contributed by atoms with Crippen LogP contribution in [0.5, 0.6) is 0 Å². The molecule has 0 atom stereocenters. The van der Waals surface area contributed by atoms with Crippen LogP contribution in [0.25, 0.3) is 0 Å². The third-order valence-electron chi connectivity index (χ3n) is 9.30. The second-order valence-electron chi connectivity index (χ2n) is 14.3. The average molecular weight is 732 g/mol. The number of aliphatic carboxylic acids is 2. The van der Waals surface area contributed by atoms with Crippen molar-refractivity contribution in [3.63, 3.8) is 0 Å². The molecule has 0 saturated carbocycles. The van der Waals surface area contributed by atoms with Crippen LogP contribution in [0.2, 0.25) is 0 Å². The van der Waals surface area contributed by atoms with Crippen molar-refractivity contribution in [1.29, 1.82) is 0 Å². The van der Waals surface area contributed by atoms with E-state index in [-0.39, 0.29) is 17.1 Å². The number of carboxylic acids is 2. The van der Waals surface area contributed by atoms with Gasteiger partial charge in [0.1, 0.15) is 0 Å². The molecule has 0 aliphatic rings. The van der Waals surface area contributed by atoms with E-state index in [2.05, 4.69) is 38.2 Å². The van der Waals surface area contributed by atoms with Gasteiger partial charge in [0, 0.05) is 29.9 Å². The minimum absolute atomic E-state index is 0. The Labute approximate surface area is 317 Å². The normalized spacial score (nSPS) is 11.1. The Morgan fingerprint density at radius 2 is 0.510 bits per heavy atom. The summed E-state index contributed by atoms with van der Waals surface area (Å²) in [5.41, 5.74) is 0. The van der Waals surface area contributed by atoms with E-state index in [1.165, 1.54) is 193 Å². The number of carbonyl (C=O) groups is 2. The molecule has 0 heterocycles. The first-order valence-corrected chi connectivity index (χ1v) is 21.3. The van der Waals surface area contributed by atoms with Crippen LogP contribution in [0.4, 0.5) is 0 Å². The van der Waals surface area contributed by atoms with Crippen LogP contribution in [0.15, 0.2) is 24.3 Å². The van der Waals surface area contributed by atoms with Gasteiger partial charge in [-0.3, -0.25) is 9.59 Å². The summed E-state index contributed by atoms with van der Waals surface area (Å²) in [4.78, 5) is 20.8.